The largest absolute Gasteiger partial charge is 0.496 e. The molecule has 7 heteroatoms. The summed E-state index contributed by atoms with van der Waals surface area (Å²) in [5.41, 5.74) is 1.62. The lowest BCUT2D eigenvalue weighted by Crippen LogP contribution is -2.23. The van der Waals surface area contributed by atoms with E-state index in [-0.39, 0.29) is 12.5 Å². The third kappa shape index (κ3) is 4.24. The Hall–Kier alpha value is -3.22. The number of hydrogen-bond donors (Lipinski definition) is 1. The molecule has 1 N–H and O–H groups in total. The molecule has 0 spiro atoms. The summed E-state index contributed by atoms with van der Waals surface area (Å²) in [6, 6.07) is 9.94. The standard InChI is InChI=1S/C19H21NO6/c1-23-15-10-17(25-3)16(24-2)9-14(15)18(21)20-11-12-5-7-13(8-6-12)19(22)26-4/h5-10H,11H2,1-4H3,(H,20,21). The Kier molecular flexibility index (Phi) is 6.43. The van der Waals surface area contributed by atoms with E-state index in [1.54, 1.807) is 36.4 Å². The minimum absolute atomic E-state index is 0.289. The number of hydrogen-bond acceptors (Lipinski definition) is 6. The molecular weight excluding hydrogens is 338 g/mol. The second-order valence-corrected chi connectivity index (χ2v) is 5.28. The molecular formula is C19H21NO6. The Morgan fingerprint density at radius 2 is 1.42 bits per heavy atom. The summed E-state index contributed by atoms with van der Waals surface area (Å²) in [4.78, 5) is 24.0. The first kappa shape index (κ1) is 19.1. The highest BCUT2D eigenvalue weighted by Gasteiger charge is 2.17. The molecule has 2 aromatic rings. The zero-order chi connectivity index (χ0) is 19.1. The quantitative estimate of drug-likeness (QED) is 0.765. The summed E-state index contributed by atoms with van der Waals surface area (Å²) in [5, 5.41) is 2.81. The molecule has 0 bridgehead atoms. The highest BCUT2D eigenvalue weighted by Crippen LogP contribution is 2.34. The summed E-state index contributed by atoms with van der Waals surface area (Å²) in [7, 11) is 5.81. The molecule has 0 saturated heterocycles. The van der Waals surface area contributed by atoms with Crippen LogP contribution in [0.5, 0.6) is 17.2 Å². The Morgan fingerprint density at radius 3 is 1.96 bits per heavy atom. The van der Waals surface area contributed by atoms with Gasteiger partial charge in [0.25, 0.3) is 5.91 Å². The van der Waals surface area contributed by atoms with Crippen molar-refractivity contribution in [2.24, 2.45) is 0 Å². The topological polar surface area (TPSA) is 83.1 Å². The van der Waals surface area contributed by atoms with Crippen molar-refractivity contribution < 1.29 is 28.5 Å². The normalized spacial score (nSPS) is 10.0. The van der Waals surface area contributed by atoms with Gasteiger partial charge in [-0.25, -0.2) is 4.79 Å². The van der Waals surface area contributed by atoms with Crippen LogP contribution in [-0.4, -0.2) is 40.3 Å². The van der Waals surface area contributed by atoms with Gasteiger partial charge in [0.1, 0.15) is 5.75 Å². The molecule has 0 fully saturated rings. The minimum Gasteiger partial charge on any atom is -0.496 e. The number of nitrogens with one attached hydrogen (secondary N) is 1. The third-order valence-electron chi connectivity index (χ3n) is 3.78. The number of carbonyl (C=O) groups is 2. The molecule has 0 aliphatic carbocycles. The predicted molar refractivity (Wildman–Crippen MR) is 95.0 cm³/mol. The first-order valence-corrected chi connectivity index (χ1v) is 7.79. The fourth-order valence-electron chi connectivity index (χ4n) is 2.36. The minimum atomic E-state index is -0.407. The molecule has 0 aliphatic heterocycles. The third-order valence-corrected chi connectivity index (χ3v) is 3.78. The second kappa shape index (κ2) is 8.75. The van der Waals surface area contributed by atoms with Gasteiger partial charge < -0.3 is 24.3 Å². The van der Waals surface area contributed by atoms with Crippen LogP contribution in [0.4, 0.5) is 0 Å². The lowest BCUT2D eigenvalue weighted by molar-refractivity contribution is 0.0600. The average Bonchev–Trinajstić information content (AvgIpc) is 2.70. The number of rotatable bonds is 7. The Balaban J connectivity index is 2.13. The van der Waals surface area contributed by atoms with Crippen LogP contribution in [0.1, 0.15) is 26.3 Å². The fraction of sp³-hybridized carbons (Fsp3) is 0.263. The molecule has 0 aromatic heterocycles. The van der Waals surface area contributed by atoms with Crippen molar-refractivity contribution in [3.8, 4) is 17.2 Å². The molecule has 0 atom stereocenters. The Labute approximate surface area is 151 Å². The van der Waals surface area contributed by atoms with Gasteiger partial charge in [0.2, 0.25) is 0 Å². The average molecular weight is 359 g/mol. The van der Waals surface area contributed by atoms with E-state index in [9.17, 15) is 9.59 Å². The van der Waals surface area contributed by atoms with Crippen molar-refractivity contribution in [1.82, 2.24) is 5.32 Å². The van der Waals surface area contributed by atoms with Gasteiger partial charge in [-0.1, -0.05) is 12.1 Å². The Morgan fingerprint density at radius 1 is 0.846 bits per heavy atom. The van der Waals surface area contributed by atoms with Crippen molar-refractivity contribution in [2.45, 2.75) is 6.54 Å². The molecule has 2 aromatic carbocycles. The van der Waals surface area contributed by atoms with E-state index in [0.29, 0.717) is 28.4 Å². The van der Waals surface area contributed by atoms with Crippen LogP contribution in [0.3, 0.4) is 0 Å². The van der Waals surface area contributed by atoms with Crippen molar-refractivity contribution >= 4 is 11.9 Å². The highest BCUT2D eigenvalue weighted by atomic mass is 16.5. The van der Waals surface area contributed by atoms with Gasteiger partial charge in [-0.3, -0.25) is 4.79 Å². The molecule has 2 rings (SSSR count). The van der Waals surface area contributed by atoms with Gasteiger partial charge in [-0.2, -0.15) is 0 Å². The number of ether oxygens (including phenoxy) is 4. The van der Waals surface area contributed by atoms with Crippen molar-refractivity contribution in [1.29, 1.82) is 0 Å². The van der Waals surface area contributed by atoms with E-state index in [4.69, 9.17) is 14.2 Å². The van der Waals surface area contributed by atoms with Crippen LogP contribution in [0.15, 0.2) is 36.4 Å². The van der Waals surface area contributed by atoms with Gasteiger partial charge in [0.05, 0.1) is 39.6 Å². The van der Waals surface area contributed by atoms with Crippen molar-refractivity contribution in [3.63, 3.8) is 0 Å². The molecule has 1 amide bonds. The van der Waals surface area contributed by atoms with Crippen molar-refractivity contribution in [2.75, 3.05) is 28.4 Å². The number of methoxy groups -OCH3 is 4. The number of esters is 1. The van der Waals surface area contributed by atoms with Gasteiger partial charge >= 0.3 is 5.97 Å². The van der Waals surface area contributed by atoms with Gasteiger partial charge in [0.15, 0.2) is 11.5 Å². The molecule has 7 nitrogen and oxygen atoms in total. The molecule has 0 heterocycles. The van der Waals surface area contributed by atoms with E-state index in [0.717, 1.165) is 5.56 Å². The lowest BCUT2D eigenvalue weighted by Gasteiger charge is -2.14. The first-order chi connectivity index (χ1) is 12.5. The SMILES string of the molecule is COC(=O)c1ccc(CNC(=O)c2cc(OC)c(OC)cc2OC)cc1. The maximum atomic E-state index is 12.5. The number of benzene rings is 2. The second-order valence-electron chi connectivity index (χ2n) is 5.28. The summed E-state index contributed by atoms with van der Waals surface area (Å²) in [6.45, 7) is 0.289. The molecule has 0 saturated carbocycles. The van der Waals surface area contributed by atoms with Crippen LogP contribution in [-0.2, 0) is 11.3 Å². The van der Waals surface area contributed by atoms with E-state index < -0.39 is 5.97 Å². The lowest BCUT2D eigenvalue weighted by atomic mass is 10.1. The zero-order valence-electron chi connectivity index (χ0n) is 15.1. The van der Waals surface area contributed by atoms with Crippen molar-refractivity contribution in [3.05, 3.63) is 53.1 Å². The van der Waals surface area contributed by atoms with Gasteiger partial charge in [-0.15, -0.1) is 0 Å². The monoisotopic (exact) mass is 359 g/mol. The van der Waals surface area contributed by atoms with E-state index >= 15 is 0 Å². The molecule has 0 aliphatic rings. The first-order valence-electron chi connectivity index (χ1n) is 7.79. The van der Waals surface area contributed by atoms with Gasteiger partial charge in [0, 0.05) is 18.7 Å². The van der Waals surface area contributed by atoms with E-state index in [2.05, 4.69) is 10.1 Å². The van der Waals surface area contributed by atoms with Crippen LogP contribution in [0.25, 0.3) is 0 Å². The van der Waals surface area contributed by atoms with Crippen LogP contribution in [0.2, 0.25) is 0 Å². The van der Waals surface area contributed by atoms with Crippen LogP contribution < -0.4 is 19.5 Å². The van der Waals surface area contributed by atoms with Crippen LogP contribution >= 0.6 is 0 Å². The number of carbonyl (C=O) groups excluding carboxylic acids is 2. The predicted octanol–water partition coefficient (Wildman–Crippen LogP) is 2.43. The summed E-state index contributed by atoms with van der Waals surface area (Å²) in [5.74, 6) is 0.553. The summed E-state index contributed by atoms with van der Waals surface area (Å²) < 4.78 is 20.4. The zero-order valence-corrected chi connectivity index (χ0v) is 15.1. The maximum Gasteiger partial charge on any atom is 0.337 e. The maximum absolute atomic E-state index is 12.5. The molecule has 138 valence electrons. The fourth-order valence-corrected chi connectivity index (χ4v) is 2.36. The molecule has 26 heavy (non-hydrogen) atoms. The summed E-state index contributed by atoms with van der Waals surface area (Å²) in [6.07, 6.45) is 0. The van der Waals surface area contributed by atoms with E-state index in [1.807, 2.05) is 0 Å². The number of amides is 1. The molecule has 0 radical (unpaired) electrons. The van der Waals surface area contributed by atoms with Crippen LogP contribution in [0, 0.1) is 0 Å². The van der Waals surface area contributed by atoms with Gasteiger partial charge in [-0.05, 0) is 17.7 Å². The molecule has 0 unspecified atom stereocenters. The highest BCUT2D eigenvalue weighted by molar-refractivity contribution is 5.97. The summed E-state index contributed by atoms with van der Waals surface area (Å²) >= 11 is 0. The smallest absolute Gasteiger partial charge is 0.337 e. The Bertz CT molecular complexity index is 785. The van der Waals surface area contributed by atoms with E-state index in [1.165, 1.54) is 28.4 Å².